The van der Waals surface area contributed by atoms with E-state index in [0.29, 0.717) is 29.0 Å². The van der Waals surface area contributed by atoms with E-state index < -0.39 is 0 Å². The van der Waals surface area contributed by atoms with Crippen molar-refractivity contribution in [3.63, 3.8) is 0 Å². The van der Waals surface area contributed by atoms with Gasteiger partial charge in [-0.3, -0.25) is 10.2 Å². The van der Waals surface area contributed by atoms with Gasteiger partial charge in [0.2, 0.25) is 0 Å². The fraction of sp³-hybridized carbons (Fsp3) is 0.312. The van der Waals surface area contributed by atoms with Gasteiger partial charge in [0.25, 0.3) is 0 Å². The van der Waals surface area contributed by atoms with Gasteiger partial charge in [-0.1, -0.05) is 29.3 Å². The zero-order valence-corrected chi connectivity index (χ0v) is 14.5. The van der Waals surface area contributed by atoms with E-state index in [1.165, 1.54) is 0 Å². The van der Waals surface area contributed by atoms with Crippen molar-refractivity contribution in [1.82, 2.24) is 20.0 Å². The molecular formula is C16H17Cl2N5O. The first-order valence-electron chi connectivity index (χ1n) is 7.62. The predicted molar refractivity (Wildman–Crippen MR) is 94.4 cm³/mol. The van der Waals surface area contributed by atoms with Crippen LogP contribution < -0.4 is 5.32 Å². The molecule has 1 fully saturated rings. The topological polar surface area (TPSA) is 61.4 Å². The third-order valence-electron chi connectivity index (χ3n) is 3.86. The third-order valence-corrected chi connectivity index (χ3v) is 4.60. The van der Waals surface area contributed by atoms with Crippen LogP contribution in [0.2, 0.25) is 10.0 Å². The van der Waals surface area contributed by atoms with Crippen LogP contribution in [0.25, 0.3) is 0 Å². The maximum Gasteiger partial charge on any atom is 0.323 e. The summed E-state index contributed by atoms with van der Waals surface area (Å²) >= 11 is 12.0. The van der Waals surface area contributed by atoms with Crippen molar-refractivity contribution in [1.29, 1.82) is 0 Å². The average Bonchev–Trinajstić information content (AvgIpc) is 2.60. The molecule has 1 aliphatic rings. The molecule has 1 aliphatic heterocycles. The van der Waals surface area contributed by atoms with Crippen molar-refractivity contribution in [2.75, 3.05) is 31.5 Å². The summed E-state index contributed by atoms with van der Waals surface area (Å²) in [5.41, 5.74) is 1.11. The molecule has 0 saturated carbocycles. The summed E-state index contributed by atoms with van der Waals surface area (Å²) in [6.45, 7) is 3.71. The Kier molecular flexibility index (Phi) is 5.50. The molecule has 1 aromatic heterocycles. The van der Waals surface area contributed by atoms with Gasteiger partial charge < -0.3 is 4.90 Å². The van der Waals surface area contributed by atoms with Gasteiger partial charge in [0, 0.05) is 38.9 Å². The third kappa shape index (κ3) is 4.35. The van der Waals surface area contributed by atoms with E-state index >= 15 is 0 Å². The molecule has 24 heavy (non-hydrogen) atoms. The van der Waals surface area contributed by atoms with Crippen LogP contribution in [0.5, 0.6) is 0 Å². The minimum absolute atomic E-state index is 0.148. The van der Waals surface area contributed by atoms with Crippen LogP contribution in [0.3, 0.4) is 0 Å². The van der Waals surface area contributed by atoms with E-state index in [-0.39, 0.29) is 6.03 Å². The number of urea groups is 1. The van der Waals surface area contributed by atoms with Crippen molar-refractivity contribution in [3.8, 4) is 0 Å². The molecule has 0 radical (unpaired) electrons. The van der Waals surface area contributed by atoms with Crippen LogP contribution in [0.4, 0.5) is 10.6 Å². The zero-order valence-electron chi connectivity index (χ0n) is 13.0. The van der Waals surface area contributed by atoms with Crippen LogP contribution in [0.15, 0.2) is 36.5 Å². The summed E-state index contributed by atoms with van der Waals surface area (Å²) in [6, 6.07) is 8.97. The van der Waals surface area contributed by atoms with Crippen LogP contribution in [-0.2, 0) is 6.54 Å². The van der Waals surface area contributed by atoms with Gasteiger partial charge in [-0.2, -0.15) is 5.10 Å². The van der Waals surface area contributed by atoms with E-state index in [1.807, 2.05) is 18.2 Å². The summed E-state index contributed by atoms with van der Waals surface area (Å²) < 4.78 is 0. The maximum absolute atomic E-state index is 12.2. The fourth-order valence-corrected chi connectivity index (χ4v) is 2.88. The first-order valence-corrected chi connectivity index (χ1v) is 8.37. The van der Waals surface area contributed by atoms with E-state index in [9.17, 15) is 4.79 Å². The highest BCUT2D eigenvalue weighted by atomic mass is 35.5. The van der Waals surface area contributed by atoms with Crippen LogP contribution in [-0.4, -0.2) is 52.2 Å². The second kappa shape index (κ2) is 7.79. The number of hydrogen-bond donors (Lipinski definition) is 1. The Labute approximate surface area is 150 Å². The van der Waals surface area contributed by atoms with Crippen molar-refractivity contribution in [2.45, 2.75) is 6.54 Å². The molecule has 2 heterocycles. The summed E-state index contributed by atoms with van der Waals surface area (Å²) in [4.78, 5) is 16.3. The quantitative estimate of drug-likeness (QED) is 0.907. The van der Waals surface area contributed by atoms with Gasteiger partial charge in [-0.15, -0.1) is 5.10 Å². The van der Waals surface area contributed by atoms with E-state index in [0.717, 1.165) is 25.2 Å². The molecule has 0 aliphatic carbocycles. The normalized spacial score (nSPS) is 15.3. The van der Waals surface area contributed by atoms with Gasteiger partial charge in [0.15, 0.2) is 5.82 Å². The summed E-state index contributed by atoms with van der Waals surface area (Å²) in [5, 5.41) is 11.5. The molecule has 1 N–H and O–H groups in total. The molecule has 0 bridgehead atoms. The second-order valence-corrected chi connectivity index (χ2v) is 6.37. The molecule has 2 amide bonds. The number of hydrogen-bond acceptors (Lipinski definition) is 4. The Morgan fingerprint density at radius 3 is 2.58 bits per heavy atom. The van der Waals surface area contributed by atoms with Crippen LogP contribution >= 0.6 is 23.2 Å². The van der Waals surface area contributed by atoms with Crippen LogP contribution in [0, 0.1) is 0 Å². The lowest BCUT2D eigenvalue weighted by Gasteiger charge is -2.34. The molecule has 2 aromatic rings. The molecular weight excluding hydrogens is 349 g/mol. The zero-order chi connectivity index (χ0) is 16.9. The number of piperazine rings is 1. The van der Waals surface area contributed by atoms with Crippen molar-refractivity contribution in [3.05, 3.63) is 52.1 Å². The van der Waals surface area contributed by atoms with Gasteiger partial charge in [-0.05, 0) is 29.8 Å². The number of carbonyl (C=O) groups excluding carboxylic acids is 1. The number of nitrogens with zero attached hydrogens (tertiary/aromatic N) is 4. The number of halogens is 2. The van der Waals surface area contributed by atoms with E-state index in [1.54, 1.807) is 23.2 Å². The highest BCUT2D eigenvalue weighted by molar-refractivity contribution is 6.42. The number of amides is 2. The highest BCUT2D eigenvalue weighted by Gasteiger charge is 2.21. The number of anilines is 1. The lowest BCUT2D eigenvalue weighted by molar-refractivity contribution is 0.143. The van der Waals surface area contributed by atoms with Gasteiger partial charge >= 0.3 is 6.03 Å². The lowest BCUT2D eigenvalue weighted by Crippen LogP contribution is -2.49. The summed E-state index contributed by atoms with van der Waals surface area (Å²) in [5.74, 6) is 0.459. The van der Waals surface area contributed by atoms with Crippen molar-refractivity contribution >= 4 is 35.1 Å². The number of carbonyl (C=O) groups is 1. The lowest BCUT2D eigenvalue weighted by atomic mass is 10.2. The Morgan fingerprint density at radius 1 is 1.12 bits per heavy atom. The predicted octanol–water partition coefficient (Wildman–Crippen LogP) is 3.13. The molecule has 3 rings (SSSR count). The SMILES string of the molecule is O=C(Nc1cccnn1)N1CCN(Cc2ccc(Cl)c(Cl)c2)CC1. The minimum atomic E-state index is -0.148. The number of nitrogens with one attached hydrogen (secondary N) is 1. The smallest absolute Gasteiger partial charge is 0.322 e. The molecule has 8 heteroatoms. The number of aromatic nitrogens is 2. The van der Waals surface area contributed by atoms with Gasteiger partial charge in [0.1, 0.15) is 0 Å². The Morgan fingerprint density at radius 2 is 1.92 bits per heavy atom. The summed E-state index contributed by atoms with van der Waals surface area (Å²) in [6.07, 6.45) is 1.57. The Hall–Kier alpha value is -1.89. The molecule has 0 atom stereocenters. The highest BCUT2D eigenvalue weighted by Crippen LogP contribution is 2.23. The standard InChI is InChI=1S/C16H17Cl2N5O/c17-13-4-3-12(10-14(13)18)11-22-6-8-23(9-7-22)16(24)20-15-2-1-5-19-21-15/h1-5,10H,6-9,11H2,(H,20,21,24). The molecule has 1 aromatic carbocycles. The molecule has 126 valence electrons. The van der Waals surface area contributed by atoms with Crippen molar-refractivity contribution < 1.29 is 4.79 Å². The second-order valence-electron chi connectivity index (χ2n) is 5.55. The summed E-state index contributed by atoms with van der Waals surface area (Å²) in [7, 11) is 0. The Balaban J connectivity index is 1.50. The maximum atomic E-state index is 12.2. The number of rotatable bonds is 3. The number of benzene rings is 1. The van der Waals surface area contributed by atoms with Crippen LogP contribution in [0.1, 0.15) is 5.56 Å². The van der Waals surface area contributed by atoms with E-state index in [4.69, 9.17) is 23.2 Å². The molecule has 0 spiro atoms. The first-order chi connectivity index (χ1) is 11.6. The monoisotopic (exact) mass is 365 g/mol. The first kappa shape index (κ1) is 17.0. The Bertz CT molecular complexity index is 705. The minimum Gasteiger partial charge on any atom is -0.322 e. The largest absolute Gasteiger partial charge is 0.323 e. The van der Waals surface area contributed by atoms with Crippen molar-refractivity contribution in [2.24, 2.45) is 0 Å². The average molecular weight is 366 g/mol. The van der Waals surface area contributed by atoms with Gasteiger partial charge in [-0.25, -0.2) is 4.79 Å². The molecule has 0 unspecified atom stereocenters. The fourth-order valence-electron chi connectivity index (χ4n) is 2.56. The van der Waals surface area contributed by atoms with E-state index in [2.05, 4.69) is 20.4 Å². The molecule has 1 saturated heterocycles. The molecule has 6 nitrogen and oxygen atoms in total. The van der Waals surface area contributed by atoms with Gasteiger partial charge in [0.05, 0.1) is 10.0 Å².